The van der Waals surface area contributed by atoms with Crippen molar-refractivity contribution in [3.8, 4) is 11.5 Å². The number of aliphatic hydroxyl groups is 1. The van der Waals surface area contributed by atoms with Gasteiger partial charge in [-0.3, -0.25) is 0 Å². The Balaban J connectivity index is 2.34. The van der Waals surface area contributed by atoms with Gasteiger partial charge >= 0.3 is 0 Å². The number of aliphatic hydroxyl groups excluding tert-OH is 1. The van der Waals surface area contributed by atoms with Crippen LogP contribution in [0.15, 0.2) is 53.4 Å². The monoisotopic (exact) mass is 260 g/mol. The Morgan fingerprint density at radius 3 is 2.28 bits per heavy atom. The Hall–Kier alpha value is -1.45. The Morgan fingerprint density at radius 1 is 1.00 bits per heavy atom. The van der Waals surface area contributed by atoms with Crippen LogP contribution < -0.4 is 4.74 Å². The average Bonchev–Trinajstić information content (AvgIpc) is 2.40. The van der Waals surface area contributed by atoms with Gasteiger partial charge in [0.25, 0.3) is 0 Å². The van der Waals surface area contributed by atoms with Gasteiger partial charge in [0.2, 0.25) is 0 Å². The minimum absolute atomic E-state index is 0.539. The minimum atomic E-state index is -0.539. The number of benzene rings is 2. The van der Waals surface area contributed by atoms with Crippen molar-refractivity contribution in [1.82, 2.24) is 0 Å². The van der Waals surface area contributed by atoms with E-state index in [0.29, 0.717) is 5.75 Å². The summed E-state index contributed by atoms with van der Waals surface area (Å²) >= 11 is 1.64. The highest BCUT2D eigenvalue weighted by Gasteiger charge is 2.10. The summed E-state index contributed by atoms with van der Waals surface area (Å²) in [6.45, 7) is 1.74. The molecule has 1 atom stereocenters. The fourth-order valence-electron chi connectivity index (χ4n) is 1.74. The minimum Gasteiger partial charge on any atom is -0.456 e. The fourth-order valence-corrected chi connectivity index (χ4v) is 2.27. The number of hydrogen-bond acceptors (Lipinski definition) is 3. The molecule has 18 heavy (non-hydrogen) atoms. The molecule has 0 unspecified atom stereocenters. The van der Waals surface area contributed by atoms with E-state index in [1.54, 1.807) is 18.7 Å². The molecule has 0 fully saturated rings. The molecule has 0 spiro atoms. The van der Waals surface area contributed by atoms with Gasteiger partial charge in [-0.25, -0.2) is 0 Å². The molecule has 2 rings (SSSR count). The van der Waals surface area contributed by atoms with E-state index in [-0.39, 0.29) is 0 Å². The topological polar surface area (TPSA) is 29.5 Å². The zero-order chi connectivity index (χ0) is 13.0. The van der Waals surface area contributed by atoms with Crippen LogP contribution in [-0.2, 0) is 0 Å². The highest BCUT2D eigenvalue weighted by atomic mass is 32.2. The first-order valence-electron chi connectivity index (χ1n) is 5.80. The average molecular weight is 260 g/mol. The molecule has 94 valence electrons. The maximum atomic E-state index is 9.72. The van der Waals surface area contributed by atoms with Crippen molar-refractivity contribution in [2.24, 2.45) is 0 Å². The smallest absolute Gasteiger partial charge is 0.140 e. The van der Waals surface area contributed by atoms with Gasteiger partial charge in [-0.15, -0.1) is 11.8 Å². The molecule has 0 amide bonds. The first-order chi connectivity index (χ1) is 8.72. The van der Waals surface area contributed by atoms with E-state index in [9.17, 15) is 5.11 Å². The summed E-state index contributed by atoms with van der Waals surface area (Å²) in [5.41, 5.74) is 0.799. The van der Waals surface area contributed by atoms with Gasteiger partial charge in [0.1, 0.15) is 11.5 Å². The number of ether oxygens (including phenoxy) is 1. The second-order valence-corrected chi connectivity index (χ2v) is 4.81. The van der Waals surface area contributed by atoms with Crippen molar-refractivity contribution >= 4 is 11.8 Å². The molecule has 0 heterocycles. The van der Waals surface area contributed by atoms with E-state index in [1.165, 1.54) is 0 Å². The number of hydrogen-bond donors (Lipinski definition) is 1. The van der Waals surface area contributed by atoms with E-state index < -0.39 is 6.10 Å². The molecular weight excluding hydrogens is 244 g/mol. The molecule has 3 heteroatoms. The number of para-hydroxylation sites is 2. The molecule has 0 aliphatic heterocycles. The zero-order valence-electron chi connectivity index (χ0n) is 10.5. The van der Waals surface area contributed by atoms with Crippen LogP contribution in [0.25, 0.3) is 0 Å². The van der Waals surface area contributed by atoms with Crippen molar-refractivity contribution in [2.45, 2.75) is 17.9 Å². The van der Waals surface area contributed by atoms with Crippen molar-refractivity contribution in [1.29, 1.82) is 0 Å². The summed E-state index contributed by atoms with van der Waals surface area (Å²) in [5.74, 6) is 1.52. The van der Waals surface area contributed by atoms with Crippen LogP contribution in [-0.4, -0.2) is 11.4 Å². The third kappa shape index (κ3) is 2.86. The van der Waals surface area contributed by atoms with E-state index >= 15 is 0 Å². The van der Waals surface area contributed by atoms with Gasteiger partial charge in [-0.2, -0.15) is 0 Å². The number of thioether (sulfide) groups is 1. The van der Waals surface area contributed by atoms with Gasteiger partial charge in [-0.05, 0) is 31.4 Å². The molecular formula is C15H16O2S. The summed E-state index contributed by atoms with van der Waals surface area (Å²) in [4.78, 5) is 1.08. The van der Waals surface area contributed by atoms with E-state index in [0.717, 1.165) is 16.2 Å². The summed E-state index contributed by atoms with van der Waals surface area (Å²) in [6.07, 6.45) is 1.48. The maximum absolute atomic E-state index is 9.72. The fraction of sp³-hybridized carbons (Fsp3) is 0.200. The van der Waals surface area contributed by atoms with Gasteiger partial charge in [0.05, 0.1) is 6.10 Å². The normalized spacial score (nSPS) is 12.2. The van der Waals surface area contributed by atoms with E-state index in [2.05, 4.69) is 0 Å². The van der Waals surface area contributed by atoms with Crippen LogP contribution in [0.3, 0.4) is 0 Å². The Labute approximate surface area is 112 Å². The highest BCUT2D eigenvalue weighted by Crippen LogP contribution is 2.34. The van der Waals surface area contributed by atoms with Crippen LogP contribution >= 0.6 is 11.8 Å². The summed E-state index contributed by atoms with van der Waals surface area (Å²) in [5, 5.41) is 9.72. The second-order valence-electron chi connectivity index (χ2n) is 3.97. The molecule has 0 aliphatic rings. The third-order valence-electron chi connectivity index (χ3n) is 2.66. The standard InChI is InChI=1S/C15H16O2S/c1-11(16)12-7-3-4-8-13(12)17-14-9-5-6-10-15(14)18-2/h3-11,16H,1-2H3/t11-/m1/s1. The summed E-state index contributed by atoms with van der Waals surface area (Å²) in [7, 11) is 0. The first-order valence-corrected chi connectivity index (χ1v) is 7.02. The second kappa shape index (κ2) is 5.94. The molecule has 2 nitrogen and oxygen atoms in total. The van der Waals surface area contributed by atoms with Crippen molar-refractivity contribution in [2.75, 3.05) is 6.26 Å². The Morgan fingerprint density at radius 2 is 1.61 bits per heavy atom. The van der Waals surface area contributed by atoms with Crippen molar-refractivity contribution in [3.63, 3.8) is 0 Å². The van der Waals surface area contributed by atoms with Gasteiger partial charge < -0.3 is 9.84 Å². The molecule has 0 aromatic heterocycles. The Bertz CT molecular complexity index is 523. The quantitative estimate of drug-likeness (QED) is 0.833. The molecule has 0 saturated heterocycles. The van der Waals surface area contributed by atoms with E-state index in [1.807, 2.05) is 54.8 Å². The lowest BCUT2D eigenvalue weighted by Crippen LogP contribution is -1.96. The van der Waals surface area contributed by atoms with Crippen LogP contribution in [0.2, 0.25) is 0 Å². The SMILES string of the molecule is CSc1ccccc1Oc1ccccc1[C@@H](C)O. The van der Waals surface area contributed by atoms with Crippen LogP contribution in [0.5, 0.6) is 11.5 Å². The molecule has 0 aliphatic carbocycles. The van der Waals surface area contributed by atoms with Crippen LogP contribution in [0.4, 0.5) is 0 Å². The molecule has 1 N–H and O–H groups in total. The van der Waals surface area contributed by atoms with Crippen molar-refractivity contribution < 1.29 is 9.84 Å². The van der Waals surface area contributed by atoms with Crippen LogP contribution in [0.1, 0.15) is 18.6 Å². The lowest BCUT2D eigenvalue weighted by Gasteiger charge is -2.14. The first kappa shape index (κ1) is 13.0. The highest BCUT2D eigenvalue weighted by molar-refractivity contribution is 7.98. The lowest BCUT2D eigenvalue weighted by molar-refractivity contribution is 0.195. The summed E-state index contributed by atoms with van der Waals surface area (Å²) < 4.78 is 5.91. The molecule has 2 aromatic rings. The summed E-state index contributed by atoms with van der Waals surface area (Å²) in [6, 6.07) is 15.4. The molecule has 0 saturated carbocycles. The lowest BCUT2D eigenvalue weighted by atomic mass is 10.1. The largest absolute Gasteiger partial charge is 0.456 e. The van der Waals surface area contributed by atoms with Crippen molar-refractivity contribution in [3.05, 3.63) is 54.1 Å². The molecule has 0 radical (unpaired) electrons. The van der Waals surface area contributed by atoms with Crippen LogP contribution in [0, 0.1) is 0 Å². The third-order valence-corrected chi connectivity index (χ3v) is 3.44. The van der Waals surface area contributed by atoms with Gasteiger partial charge in [0, 0.05) is 10.5 Å². The predicted molar refractivity (Wildman–Crippen MR) is 75.4 cm³/mol. The molecule has 2 aromatic carbocycles. The van der Waals surface area contributed by atoms with Gasteiger partial charge in [-0.1, -0.05) is 30.3 Å². The zero-order valence-corrected chi connectivity index (χ0v) is 11.3. The molecule has 0 bridgehead atoms. The van der Waals surface area contributed by atoms with Gasteiger partial charge in [0.15, 0.2) is 0 Å². The number of rotatable bonds is 4. The van der Waals surface area contributed by atoms with E-state index in [4.69, 9.17) is 4.74 Å². The maximum Gasteiger partial charge on any atom is 0.140 e. The Kier molecular flexibility index (Phi) is 4.28. The predicted octanol–water partition coefficient (Wildman–Crippen LogP) is 4.25.